The molecule has 1 aromatic rings. The van der Waals surface area contributed by atoms with Crippen LogP contribution in [0.5, 0.6) is 0 Å². The van der Waals surface area contributed by atoms with Crippen molar-refractivity contribution in [2.45, 2.75) is 6.54 Å². The zero-order valence-electron chi connectivity index (χ0n) is 11.3. The lowest BCUT2D eigenvalue weighted by Gasteiger charge is -2.29. The number of nitrogens with one attached hydrogen (secondary N) is 1. The fraction of sp³-hybridized carbons (Fsp3) is 0.571. The Morgan fingerprint density at radius 2 is 2.11 bits per heavy atom. The SMILES string of the molecule is CN(CCN1CCNCC1)Cc1cc(Br)ccc1Cl. The van der Waals surface area contributed by atoms with E-state index >= 15 is 0 Å². The summed E-state index contributed by atoms with van der Waals surface area (Å²) >= 11 is 9.72. The Kier molecular flexibility index (Phi) is 6.10. The Bertz CT molecular complexity index is 408. The molecule has 0 bridgehead atoms. The van der Waals surface area contributed by atoms with Crippen molar-refractivity contribution in [3.8, 4) is 0 Å². The molecule has 1 N–H and O–H groups in total. The van der Waals surface area contributed by atoms with Gasteiger partial charge < -0.3 is 10.2 Å². The van der Waals surface area contributed by atoms with E-state index in [2.05, 4.69) is 44.2 Å². The molecule has 1 heterocycles. The van der Waals surface area contributed by atoms with Crippen LogP contribution < -0.4 is 5.32 Å². The van der Waals surface area contributed by atoms with E-state index in [4.69, 9.17) is 11.6 Å². The Balaban J connectivity index is 1.80. The number of hydrogen-bond donors (Lipinski definition) is 1. The molecule has 0 saturated carbocycles. The molecule has 1 fully saturated rings. The molecule has 0 unspecified atom stereocenters. The maximum atomic E-state index is 6.22. The minimum absolute atomic E-state index is 0.845. The molecule has 0 aliphatic carbocycles. The first-order valence-corrected chi connectivity index (χ1v) is 7.88. The molecule has 106 valence electrons. The summed E-state index contributed by atoms with van der Waals surface area (Å²) in [6, 6.07) is 6.03. The average Bonchev–Trinajstić information content (AvgIpc) is 2.42. The fourth-order valence-corrected chi connectivity index (χ4v) is 2.87. The van der Waals surface area contributed by atoms with Crippen molar-refractivity contribution in [2.24, 2.45) is 0 Å². The third-order valence-electron chi connectivity index (χ3n) is 3.46. The van der Waals surface area contributed by atoms with Crippen molar-refractivity contribution in [2.75, 3.05) is 46.3 Å². The van der Waals surface area contributed by atoms with Crippen molar-refractivity contribution in [3.63, 3.8) is 0 Å². The van der Waals surface area contributed by atoms with Crippen LogP contribution in [0.15, 0.2) is 22.7 Å². The monoisotopic (exact) mass is 345 g/mol. The summed E-state index contributed by atoms with van der Waals surface area (Å²) in [5, 5.41) is 4.22. The minimum Gasteiger partial charge on any atom is -0.314 e. The third-order valence-corrected chi connectivity index (χ3v) is 4.32. The van der Waals surface area contributed by atoms with Gasteiger partial charge in [-0.15, -0.1) is 0 Å². The molecule has 0 spiro atoms. The van der Waals surface area contributed by atoms with Gasteiger partial charge in [0, 0.05) is 55.3 Å². The van der Waals surface area contributed by atoms with E-state index in [0.29, 0.717) is 0 Å². The summed E-state index contributed by atoms with van der Waals surface area (Å²) in [6.45, 7) is 7.64. The van der Waals surface area contributed by atoms with Gasteiger partial charge in [-0.1, -0.05) is 27.5 Å². The molecule has 1 aliphatic heterocycles. The molecule has 0 radical (unpaired) electrons. The number of hydrogen-bond acceptors (Lipinski definition) is 3. The van der Waals surface area contributed by atoms with Crippen LogP contribution >= 0.6 is 27.5 Å². The zero-order chi connectivity index (χ0) is 13.7. The second-order valence-electron chi connectivity index (χ2n) is 5.07. The van der Waals surface area contributed by atoms with Crippen LogP contribution in [-0.4, -0.2) is 56.1 Å². The van der Waals surface area contributed by atoms with Gasteiger partial charge in [-0.25, -0.2) is 0 Å². The number of rotatable bonds is 5. The van der Waals surface area contributed by atoms with Gasteiger partial charge in [-0.2, -0.15) is 0 Å². The summed E-state index contributed by atoms with van der Waals surface area (Å²) in [5.41, 5.74) is 1.18. The number of nitrogens with zero attached hydrogens (tertiary/aromatic N) is 2. The lowest BCUT2D eigenvalue weighted by Crippen LogP contribution is -2.45. The summed E-state index contributed by atoms with van der Waals surface area (Å²) in [5.74, 6) is 0. The molecule has 3 nitrogen and oxygen atoms in total. The molecule has 1 saturated heterocycles. The predicted molar refractivity (Wildman–Crippen MR) is 84.8 cm³/mol. The number of piperazine rings is 1. The highest BCUT2D eigenvalue weighted by atomic mass is 79.9. The van der Waals surface area contributed by atoms with E-state index in [1.807, 2.05) is 12.1 Å². The quantitative estimate of drug-likeness (QED) is 0.883. The van der Waals surface area contributed by atoms with Crippen LogP contribution in [0.25, 0.3) is 0 Å². The minimum atomic E-state index is 0.845. The average molecular weight is 347 g/mol. The van der Waals surface area contributed by atoms with Gasteiger partial charge in [-0.3, -0.25) is 4.90 Å². The Hall–Kier alpha value is -0.130. The van der Waals surface area contributed by atoms with Crippen molar-refractivity contribution < 1.29 is 0 Å². The Morgan fingerprint density at radius 3 is 2.84 bits per heavy atom. The lowest BCUT2D eigenvalue weighted by molar-refractivity contribution is 0.202. The topological polar surface area (TPSA) is 18.5 Å². The first kappa shape index (κ1) is 15.3. The highest BCUT2D eigenvalue weighted by Crippen LogP contribution is 2.22. The number of halogens is 2. The van der Waals surface area contributed by atoms with Crippen molar-refractivity contribution in [1.29, 1.82) is 0 Å². The summed E-state index contributed by atoms with van der Waals surface area (Å²) in [4.78, 5) is 4.84. The van der Waals surface area contributed by atoms with E-state index in [9.17, 15) is 0 Å². The Morgan fingerprint density at radius 1 is 1.37 bits per heavy atom. The maximum absolute atomic E-state index is 6.22. The normalized spacial score (nSPS) is 17.1. The van der Waals surface area contributed by atoms with Gasteiger partial charge >= 0.3 is 0 Å². The van der Waals surface area contributed by atoms with Gasteiger partial charge in [0.05, 0.1) is 0 Å². The van der Waals surface area contributed by atoms with E-state index in [-0.39, 0.29) is 0 Å². The Labute approximate surface area is 129 Å². The second-order valence-corrected chi connectivity index (χ2v) is 6.39. The maximum Gasteiger partial charge on any atom is 0.0451 e. The highest BCUT2D eigenvalue weighted by molar-refractivity contribution is 9.10. The standard InChI is InChI=1S/C14H21BrClN3/c1-18(8-9-19-6-4-17-5-7-19)11-12-10-13(15)2-3-14(12)16/h2-3,10,17H,4-9,11H2,1H3. The van der Waals surface area contributed by atoms with Crippen LogP contribution in [0.1, 0.15) is 5.56 Å². The summed E-state index contributed by atoms with van der Waals surface area (Å²) in [6.07, 6.45) is 0. The number of likely N-dealkylation sites (N-methyl/N-ethyl adjacent to an activating group) is 1. The highest BCUT2D eigenvalue weighted by Gasteiger charge is 2.11. The molecule has 1 aliphatic rings. The van der Waals surface area contributed by atoms with Crippen LogP contribution in [0, 0.1) is 0 Å². The molecular formula is C14H21BrClN3. The molecule has 19 heavy (non-hydrogen) atoms. The molecule has 0 aromatic heterocycles. The smallest absolute Gasteiger partial charge is 0.0451 e. The van der Waals surface area contributed by atoms with Crippen molar-refractivity contribution in [1.82, 2.24) is 15.1 Å². The van der Waals surface area contributed by atoms with Gasteiger partial charge in [0.1, 0.15) is 0 Å². The summed E-state index contributed by atoms with van der Waals surface area (Å²) < 4.78 is 1.09. The molecule has 1 aromatic carbocycles. The van der Waals surface area contributed by atoms with E-state index < -0.39 is 0 Å². The lowest BCUT2D eigenvalue weighted by atomic mass is 10.2. The van der Waals surface area contributed by atoms with Crippen LogP contribution in [0.3, 0.4) is 0 Å². The summed E-state index contributed by atoms with van der Waals surface area (Å²) in [7, 11) is 2.15. The largest absolute Gasteiger partial charge is 0.314 e. The van der Waals surface area contributed by atoms with Crippen LogP contribution in [0.2, 0.25) is 5.02 Å². The number of benzene rings is 1. The van der Waals surface area contributed by atoms with Crippen LogP contribution in [-0.2, 0) is 6.54 Å². The molecule has 0 amide bonds. The fourth-order valence-electron chi connectivity index (χ4n) is 2.28. The van der Waals surface area contributed by atoms with E-state index in [1.165, 1.54) is 5.56 Å². The first-order valence-electron chi connectivity index (χ1n) is 6.71. The van der Waals surface area contributed by atoms with Gasteiger partial charge in [0.15, 0.2) is 0 Å². The molecule has 2 rings (SSSR count). The van der Waals surface area contributed by atoms with Gasteiger partial charge in [0.25, 0.3) is 0 Å². The molecule has 5 heteroatoms. The van der Waals surface area contributed by atoms with Crippen molar-refractivity contribution >= 4 is 27.5 Å². The third kappa shape index (κ3) is 5.04. The second kappa shape index (κ2) is 7.60. The predicted octanol–water partition coefficient (Wildman–Crippen LogP) is 2.44. The zero-order valence-corrected chi connectivity index (χ0v) is 13.7. The van der Waals surface area contributed by atoms with E-state index in [0.717, 1.165) is 55.3 Å². The van der Waals surface area contributed by atoms with Crippen molar-refractivity contribution in [3.05, 3.63) is 33.3 Å². The molecule has 0 atom stereocenters. The van der Waals surface area contributed by atoms with Gasteiger partial charge in [0.2, 0.25) is 0 Å². The molecular weight excluding hydrogens is 326 g/mol. The van der Waals surface area contributed by atoms with Gasteiger partial charge in [-0.05, 0) is 30.8 Å². The van der Waals surface area contributed by atoms with E-state index in [1.54, 1.807) is 0 Å². The van der Waals surface area contributed by atoms with Crippen LogP contribution in [0.4, 0.5) is 0 Å². The first-order chi connectivity index (χ1) is 9.15.